The summed E-state index contributed by atoms with van der Waals surface area (Å²) < 4.78 is 11.1. The molecule has 114 valence electrons. The molecule has 4 nitrogen and oxygen atoms in total. The normalized spacial score (nSPS) is 16.4. The molecular formula is C18H19NO3. The van der Waals surface area contributed by atoms with E-state index in [9.17, 15) is 4.79 Å². The van der Waals surface area contributed by atoms with Crippen LogP contribution in [-0.4, -0.2) is 19.1 Å². The molecule has 2 aromatic rings. The highest BCUT2D eigenvalue weighted by Gasteiger charge is 2.26. The van der Waals surface area contributed by atoms with E-state index in [4.69, 9.17) is 9.47 Å². The van der Waals surface area contributed by atoms with Gasteiger partial charge in [0, 0.05) is 0 Å². The van der Waals surface area contributed by atoms with E-state index < -0.39 is 6.10 Å². The largest absolute Gasteiger partial charge is 0.495 e. The third-order valence-electron chi connectivity index (χ3n) is 3.82. The maximum Gasteiger partial charge on any atom is 0.265 e. The second kappa shape index (κ2) is 6.10. The molecule has 1 unspecified atom stereocenters. The maximum atomic E-state index is 12.4. The van der Waals surface area contributed by atoms with Crippen molar-refractivity contribution in [3.05, 3.63) is 53.6 Å². The molecule has 0 fully saturated rings. The van der Waals surface area contributed by atoms with Crippen molar-refractivity contribution in [1.82, 2.24) is 0 Å². The van der Waals surface area contributed by atoms with Crippen molar-refractivity contribution in [2.75, 3.05) is 12.4 Å². The maximum absolute atomic E-state index is 12.4. The Labute approximate surface area is 130 Å². The zero-order chi connectivity index (χ0) is 15.5. The van der Waals surface area contributed by atoms with Crippen molar-refractivity contribution in [1.29, 1.82) is 0 Å². The summed E-state index contributed by atoms with van der Waals surface area (Å²) >= 11 is 0. The summed E-state index contributed by atoms with van der Waals surface area (Å²) in [6.45, 7) is 2.06. The molecule has 0 aromatic heterocycles. The fourth-order valence-electron chi connectivity index (χ4n) is 2.66. The summed E-state index contributed by atoms with van der Waals surface area (Å²) in [7, 11) is 1.58. The summed E-state index contributed by atoms with van der Waals surface area (Å²) in [4.78, 5) is 12.4. The van der Waals surface area contributed by atoms with Crippen molar-refractivity contribution in [2.45, 2.75) is 25.9 Å². The predicted octanol–water partition coefficient (Wildman–Crippen LogP) is 3.34. The van der Waals surface area contributed by atoms with Gasteiger partial charge in [-0.25, -0.2) is 0 Å². The number of hydrogen-bond acceptors (Lipinski definition) is 3. The van der Waals surface area contributed by atoms with Gasteiger partial charge in [-0.3, -0.25) is 4.79 Å². The molecule has 3 rings (SSSR count). The smallest absolute Gasteiger partial charge is 0.265 e. The molecule has 0 spiro atoms. The minimum absolute atomic E-state index is 0.143. The number of ether oxygens (including phenoxy) is 2. The summed E-state index contributed by atoms with van der Waals surface area (Å²) in [6, 6.07) is 13.4. The first-order valence-corrected chi connectivity index (χ1v) is 7.37. The second-order valence-electron chi connectivity index (χ2n) is 5.45. The van der Waals surface area contributed by atoms with Crippen molar-refractivity contribution < 1.29 is 14.3 Å². The molecule has 1 atom stereocenters. The van der Waals surface area contributed by atoms with E-state index in [0.29, 0.717) is 17.9 Å². The van der Waals surface area contributed by atoms with Crippen molar-refractivity contribution in [2.24, 2.45) is 0 Å². The highest BCUT2D eigenvalue weighted by molar-refractivity contribution is 5.95. The van der Waals surface area contributed by atoms with Gasteiger partial charge in [-0.2, -0.15) is 0 Å². The number of rotatable bonds is 3. The van der Waals surface area contributed by atoms with Crippen LogP contribution in [0.2, 0.25) is 0 Å². The molecular weight excluding hydrogens is 278 g/mol. The molecule has 22 heavy (non-hydrogen) atoms. The van der Waals surface area contributed by atoms with E-state index in [1.807, 2.05) is 36.4 Å². The number of anilines is 1. The van der Waals surface area contributed by atoms with Gasteiger partial charge in [-0.15, -0.1) is 0 Å². The van der Waals surface area contributed by atoms with Crippen LogP contribution in [0.1, 0.15) is 17.5 Å². The topological polar surface area (TPSA) is 47.6 Å². The molecule has 0 radical (unpaired) electrons. The average Bonchev–Trinajstić information content (AvgIpc) is 2.54. The number of amides is 1. The molecule has 1 aliphatic heterocycles. The van der Waals surface area contributed by atoms with Crippen molar-refractivity contribution in [3.8, 4) is 11.5 Å². The standard InChI is InChI=1S/C18H19NO3/c1-12-7-9-15-13(11-12)8-10-17(22-15)18(20)19-14-5-3-4-6-16(14)21-2/h3-7,9,11,17H,8,10H2,1-2H3,(H,19,20). The van der Waals surface area contributed by atoms with E-state index >= 15 is 0 Å². The molecule has 1 aliphatic rings. The van der Waals surface area contributed by atoms with Crippen molar-refractivity contribution in [3.63, 3.8) is 0 Å². The fourth-order valence-corrected chi connectivity index (χ4v) is 2.66. The molecule has 1 N–H and O–H groups in total. The van der Waals surface area contributed by atoms with E-state index in [1.54, 1.807) is 7.11 Å². The predicted molar refractivity (Wildman–Crippen MR) is 85.5 cm³/mol. The summed E-state index contributed by atoms with van der Waals surface area (Å²) in [5.74, 6) is 1.30. The molecule has 0 bridgehead atoms. The molecule has 1 amide bonds. The number of carbonyl (C=O) groups excluding carboxylic acids is 1. The SMILES string of the molecule is COc1ccccc1NC(=O)C1CCc2cc(C)ccc2O1. The number of nitrogens with one attached hydrogen (secondary N) is 1. The lowest BCUT2D eigenvalue weighted by atomic mass is 10.00. The van der Waals surface area contributed by atoms with Crippen molar-refractivity contribution >= 4 is 11.6 Å². The molecule has 0 aliphatic carbocycles. The Morgan fingerprint density at radius 1 is 1.27 bits per heavy atom. The number of hydrogen-bond donors (Lipinski definition) is 1. The third-order valence-corrected chi connectivity index (χ3v) is 3.82. The van der Waals surface area contributed by atoms with E-state index in [1.165, 1.54) is 11.1 Å². The lowest BCUT2D eigenvalue weighted by molar-refractivity contribution is -0.123. The average molecular weight is 297 g/mol. The lowest BCUT2D eigenvalue weighted by Crippen LogP contribution is -2.35. The minimum atomic E-state index is -0.472. The van der Waals surface area contributed by atoms with Gasteiger partial charge in [-0.1, -0.05) is 29.8 Å². The summed E-state index contributed by atoms with van der Waals surface area (Å²) in [6.07, 6.45) is 1.05. The first-order chi connectivity index (χ1) is 10.7. The van der Waals surface area contributed by atoms with Crippen LogP contribution in [0.3, 0.4) is 0 Å². The van der Waals surface area contributed by atoms with Gasteiger partial charge in [0.2, 0.25) is 0 Å². The van der Waals surface area contributed by atoms with Crippen LogP contribution in [0.4, 0.5) is 5.69 Å². The summed E-state index contributed by atoms with van der Waals surface area (Å²) in [5.41, 5.74) is 3.04. The Morgan fingerprint density at radius 3 is 2.91 bits per heavy atom. The van der Waals surface area contributed by atoms with E-state index in [-0.39, 0.29) is 5.91 Å². The Hall–Kier alpha value is -2.49. The van der Waals surface area contributed by atoms with Crippen LogP contribution in [-0.2, 0) is 11.2 Å². The first kappa shape index (κ1) is 14.4. The monoisotopic (exact) mass is 297 g/mol. The Bertz CT molecular complexity index is 696. The highest BCUT2D eigenvalue weighted by Crippen LogP contribution is 2.29. The molecule has 0 saturated heterocycles. The highest BCUT2D eigenvalue weighted by atomic mass is 16.5. The second-order valence-corrected chi connectivity index (χ2v) is 5.45. The lowest BCUT2D eigenvalue weighted by Gasteiger charge is -2.25. The van der Waals surface area contributed by atoms with Gasteiger partial charge in [0.15, 0.2) is 6.10 Å². The number of methoxy groups -OCH3 is 1. The van der Waals surface area contributed by atoms with Crippen LogP contribution in [0.5, 0.6) is 11.5 Å². The first-order valence-electron chi connectivity index (χ1n) is 7.37. The van der Waals surface area contributed by atoms with Crippen LogP contribution < -0.4 is 14.8 Å². The van der Waals surface area contributed by atoms with Gasteiger partial charge in [0.1, 0.15) is 11.5 Å². The zero-order valence-electron chi connectivity index (χ0n) is 12.8. The van der Waals surface area contributed by atoms with Gasteiger partial charge in [0.05, 0.1) is 12.8 Å². The number of carbonyl (C=O) groups is 1. The van der Waals surface area contributed by atoms with Crippen LogP contribution >= 0.6 is 0 Å². The van der Waals surface area contributed by atoms with Crippen LogP contribution in [0.25, 0.3) is 0 Å². The third kappa shape index (κ3) is 2.91. The Morgan fingerprint density at radius 2 is 2.09 bits per heavy atom. The van der Waals surface area contributed by atoms with Gasteiger partial charge in [0.25, 0.3) is 5.91 Å². The number of aryl methyl sites for hydroxylation is 2. The molecule has 2 aromatic carbocycles. The van der Waals surface area contributed by atoms with E-state index in [2.05, 4.69) is 18.3 Å². The summed E-state index contributed by atoms with van der Waals surface area (Å²) in [5, 5.41) is 2.88. The number of para-hydroxylation sites is 2. The number of benzene rings is 2. The van der Waals surface area contributed by atoms with Crippen LogP contribution in [0, 0.1) is 6.92 Å². The minimum Gasteiger partial charge on any atom is -0.495 e. The molecule has 4 heteroatoms. The Balaban J connectivity index is 1.73. The van der Waals surface area contributed by atoms with Gasteiger partial charge in [-0.05, 0) is 43.5 Å². The molecule has 1 heterocycles. The number of fused-ring (bicyclic) bond motifs is 1. The van der Waals surface area contributed by atoms with Gasteiger partial charge < -0.3 is 14.8 Å². The zero-order valence-corrected chi connectivity index (χ0v) is 12.8. The van der Waals surface area contributed by atoms with Gasteiger partial charge >= 0.3 is 0 Å². The molecule has 0 saturated carbocycles. The van der Waals surface area contributed by atoms with E-state index in [0.717, 1.165) is 12.2 Å². The Kier molecular flexibility index (Phi) is 4.00. The fraction of sp³-hybridized carbons (Fsp3) is 0.278. The van der Waals surface area contributed by atoms with Crippen LogP contribution in [0.15, 0.2) is 42.5 Å². The quantitative estimate of drug-likeness (QED) is 0.945.